The molecule has 7 N–H and O–H groups in total. The van der Waals surface area contributed by atoms with E-state index in [2.05, 4.69) is 20.8 Å². The van der Waals surface area contributed by atoms with Gasteiger partial charge in [0.05, 0.1) is 6.04 Å². The number of nitrogens with zero attached hydrogens (tertiary/aromatic N) is 2. The predicted octanol–water partition coefficient (Wildman–Crippen LogP) is 1.92. The molecule has 0 aliphatic heterocycles. The highest BCUT2D eigenvalue weighted by atomic mass is 16.4. The fourth-order valence-corrected chi connectivity index (χ4v) is 3.42. The van der Waals surface area contributed by atoms with Crippen molar-refractivity contribution in [1.29, 1.82) is 0 Å². The van der Waals surface area contributed by atoms with E-state index in [0.717, 1.165) is 5.56 Å². The van der Waals surface area contributed by atoms with Gasteiger partial charge >= 0.3 is 18.0 Å². The van der Waals surface area contributed by atoms with Gasteiger partial charge in [-0.15, -0.1) is 10.2 Å². The minimum atomic E-state index is -1.20. The molecule has 0 saturated heterocycles. The summed E-state index contributed by atoms with van der Waals surface area (Å²) in [6.07, 6.45) is 0.146. The number of hydrogen-bond donors (Lipinski definition) is 6. The average molecular weight is 498 g/mol. The highest BCUT2D eigenvalue weighted by molar-refractivity contribution is 5.83. The van der Waals surface area contributed by atoms with Crippen LogP contribution in [0.15, 0.2) is 59.0 Å². The van der Waals surface area contributed by atoms with Crippen molar-refractivity contribution >= 4 is 18.0 Å². The van der Waals surface area contributed by atoms with Gasteiger partial charge in [-0.25, -0.2) is 9.59 Å². The van der Waals surface area contributed by atoms with Crippen molar-refractivity contribution in [1.82, 2.24) is 20.8 Å². The van der Waals surface area contributed by atoms with Gasteiger partial charge in [0, 0.05) is 19.3 Å². The van der Waals surface area contributed by atoms with Gasteiger partial charge in [0.15, 0.2) is 0 Å². The lowest BCUT2D eigenvalue weighted by Gasteiger charge is -2.19. The Bertz CT molecular complexity index is 1170. The van der Waals surface area contributed by atoms with Gasteiger partial charge in [-0.2, -0.15) is 0 Å². The Morgan fingerprint density at radius 1 is 0.889 bits per heavy atom. The largest absolute Gasteiger partial charge is 0.508 e. The van der Waals surface area contributed by atoms with Crippen molar-refractivity contribution < 1.29 is 34.1 Å². The minimum absolute atomic E-state index is 0.00827. The number of carbonyl (C=O) groups excluding carboxylic acids is 1. The zero-order valence-corrected chi connectivity index (χ0v) is 19.2. The normalized spacial score (nSPS) is 13.4. The number of aromatic hydroxyl groups is 1. The fraction of sp³-hybridized carbons (Fsp3) is 0.292. The highest BCUT2D eigenvalue weighted by Crippen LogP contribution is 2.22. The molecule has 0 bridgehead atoms. The summed E-state index contributed by atoms with van der Waals surface area (Å²) in [5.74, 6) is -2.13. The average Bonchev–Trinajstić information content (AvgIpc) is 3.34. The maximum atomic E-state index is 12.8. The minimum Gasteiger partial charge on any atom is -0.508 e. The van der Waals surface area contributed by atoms with Crippen molar-refractivity contribution in [3.05, 3.63) is 77.5 Å². The molecule has 1 heterocycles. The molecule has 0 fully saturated rings. The Morgan fingerprint density at radius 3 is 2.17 bits per heavy atom. The van der Waals surface area contributed by atoms with Crippen molar-refractivity contribution in [2.75, 3.05) is 0 Å². The van der Waals surface area contributed by atoms with Crippen LogP contribution in [0.5, 0.6) is 5.75 Å². The number of phenolic OH excluding ortho intramolecular Hbond substituents is 1. The number of rotatable bonds is 12. The molecule has 190 valence electrons. The quantitative estimate of drug-likeness (QED) is 0.215. The van der Waals surface area contributed by atoms with Crippen LogP contribution in [0.1, 0.15) is 47.8 Å². The third kappa shape index (κ3) is 7.81. The molecular weight excluding hydrogens is 470 g/mol. The van der Waals surface area contributed by atoms with Gasteiger partial charge in [0.2, 0.25) is 11.8 Å². The van der Waals surface area contributed by atoms with E-state index in [9.17, 15) is 24.6 Å². The molecule has 36 heavy (non-hydrogen) atoms. The molecule has 3 aromatic rings. The summed E-state index contributed by atoms with van der Waals surface area (Å²) in [5.41, 5.74) is 7.40. The third-order valence-corrected chi connectivity index (χ3v) is 5.31. The first-order valence-corrected chi connectivity index (χ1v) is 11.1. The Morgan fingerprint density at radius 2 is 1.53 bits per heavy atom. The Balaban J connectivity index is 1.75. The van der Waals surface area contributed by atoms with Crippen LogP contribution in [0.25, 0.3) is 0 Å². The van der Waals surface area contributed by atoms with Crippen molar-refractivity contribution in [3.8, 4) is 5.75 Å². The van der Waals surface area contributed by atoms with Crippen LogP contribution in [0.4, 0.5) is 4.79 Å². The first-order valence-electron chi connectivity index (χ1n) is 11.1. The van der Waals surface area contributed by atoms with Crippen molar-refractivity contribution in [2.24, 2.45) is 5.73 Å². The van der Waals surface area contributed by atoms with E-state index in [0.29, 0.717) is 5.56 Å². The second-order valence-electron chi connectivity index (χ2n) is 8.14. The topological polar surface area (TPSA) is 201 Å². The Kier molecular flexibility index (Phi) is 8.95. The monoisotopic (exact) mass is 497 g/mol. The number of hydrogen-bond acceptors (Lipinski definition) is 8. The zero-order chi connectivity index (χ0) is 26.1. The van der Waals surface area contributed by atoms with E-state index in [4.69, 9.17) is 15.3 Å². The van der Waals surface area contributed by atoms with Crippen LogP contribution in [-0.2, 0) is 22.4 Å². The first-order chi connectivity index (χ1) is 17.2. The first kappa shape index (κ1) is 26.2. The molecule has 0 saturated carbocycles. The number of aromatic nitrogens is 2. The predicted molar refractivity (Wildman–Crippen MR) is 126 cm³/mol. The number of phenols is 1. The van der Waals surface area contributed by atoms with Crippen LogP contribution in [0.2, 0.25) is 0 Å². The van der Waals surface area contributed by atoms with E-state index < -0.39 is 36.1 Å². The Labute approximate surface area is 206 Å². The maximum absolute atomic E-state index is 12.8. The number of carbonyl (C=O) groups is 3. The van der Waals surface area contributed by atoms with Gasteiger partial charge in [0.25, 0.3) is 0 Å². The number of carboxylic acid groups (broad SMARTS) is 2. The van der Waals surface area contributed by atoms with Gasteiger partial charge in [0.1, 0.15) is 17.8 Å². The molecule has 0 unspecified atom stereocenters. The molecule has 12 nitrogen and oxygen atoms in total. The number of amides is 2. The maximum Gasteiger partial charge on any atom is 0.326 e. The van der Waals surface area contributed by atoms with Crippen LogP contribution in [-0.4, -0.2) is 49.5 Å². The van der Waals surface area contributed by atoms with Gasteiger partial charge in [-0.3, -0.25) is 4.79 Å². The summed E-state index contributed by atoms with van der Waals surface area (Å²) in [5, 5.41) is 40.9. The van der Waals surface area contributed by atoms with Gasteiger partial charge < -0.3 is 36.1 Å². The van der Waals surface area contributed by atoms with Crippen LogP contribution in [0, 0.1) is 0 Å². The van der Waals surface area contributed by atoms with Crippen LogP contribution < -0.4 is 16.4 Å². The van der Waals surface area contributed by atoms with E-state index in [1.165, 1.54) is 12.1 Å². The molecule has 3 rings (SSSR count). The number of benzene rings is 2. The third-order valence-electron chi connectivity index (χ3n) is 5.31. The second-order valence-corrected chi connectivity index (χ2v) is 8.14. The molecule has 2 aromatic carbocycles. The summed E-state index contributed by atoms with van der Waals surface area (Å²) in [7, 11) is 0. The van der Waals surface area contributed by atoms with Gasteiger partial charge in [-0.1, -0.05) is 42.5 Å². The molecule has 0 aliphatic rings. The molecule has 0 spiro atoms. The standard InChI is InChI=1S/C24H27N5O7/c25-17(10-11-20(31)32)21-28-29-22(36-21)18(12-15-6-8-16(30)9-7-15)26-24(35)27-19(23(33)34)13-14-4-2-1-3-5-14/h1-9,17-19,30H,10-13,25H2,(H,31,32)(H,33,34)(H2,26,27,35)/t17-,18-,19-/m0/s1. The molecule has 0 radical (unpaired) electrons. The summed E-state index contributed by atoms with van der Waals surface area (Å²) in [6.45, 7) is 0. The summed E-state index contributed by atoms with van der Waals surface area (Å²) in [4.78, 5) is 35.3. The lowest BCUT2D eigenvalue weighted by molar-refractivity contribution is -0.139. The van der Waals surface area contributed by atoms with E-state index >= 15 is 0 Å². The van der Waals surface area contributed by atoms with E-state index in [1.807, 2.05) is 0 Å². The lowest BCUT2D eigenvalue weighted by atomic mass is 10.1. The van der Waals surface area contributed by atoms with E-state index in [1.54, 1.807) is 42.5 Å². The highest BCUT2D eigenvalue weighted by Gasteiger charge is 2.26. The lowest BCUT2D eigenvalue weighted by Crippen LogP contribution is -2.48. The molecule has 12 heteroatoms. The number of urea groups is 1. The number of nitrogens with one attached hydrogen (secondary N) is 2. The molecule has 3 atom stereocenters. The number of aliphatic carboxylic acids is 2. The molecule has 1 aromatic heterocycles. The summed E-state index contributed by atoms with van der Waals surface area (Å²) in [6, 6.07) is 11.5. The van der Waals surface area contributed by atoms with Crippen molar-refractivity contribution in [2.45, 2.75) is 43.8 Å². The summed E-state index contributed by atoms with van der Waals surface area (Å²) < 4.78 is 5.64. The Hall–Kier alpha value is -4.45. The van der Waals surface area contributed by atoms with Gasteiger partial charge in [-0.05, 0) is 29.7 Å². The van der Waals surface area contributed by atoms with Crippen LogP contribution in [0.3, 0.4) is 0 Å². The smallest absolute Gasteiger partial charge is 0.326 e. The molecule has 2 amide bonds. The van der Waals surface area contributed by atoms with E-state index in [-0.39, 0.29) is 43.2 Å². The van der Waals surface area contributed by atoms with Crippen LogP contribution >= 0.6 is 0 Å². The SMILES string of the molecule is N[C@@H](CCC(=O)O)c1nnc([C@H](Cc2ccc(O)cc2)NC(=O)N[C@@H](Cc2ccccc2)C(=O)O)o1. The summed E-state index contributed by atoms with van der Waals surface area (Å²) >= 11 is 0. The number of carboxylic acids is 2. The number of nitrogens with two attached hydrogens (primary N) is 1. The molecule has 0 aliphatic carbocycles. The molecular formula is C24H27N5O7. The second kappa shape index (κ2) is 12.3. The van der Waals surface area contributed by atoms with Crippen molar-refractivity contribution in [3.63, 3.8) is 0 Å². The fourth-order valence-electron chi connectivity index (χ4n) is 3.42. The zero-order valence-electron chi connectivity index (χ0n) is 19.2.